The molecule has 0 N–H and O–H groups in total. The molecule has 28 heavy (non-hydrogen) atoms. The molecule has 0 saturated heterocycles. The second kappa shape index (κ2) is 16.4. The van der Waals surface area contributed by atoms with Crippen molar-refractivity contribution in [2.24, 2.45) is 0 Å². The molecule has 6 heteroatoms. The molecule has 2 aromatic heterocycles. The van der Waals surface area contributed by atoms with E-state index in [4.69, 9.17) is 0 Å². The van der Waals surface area contributed by atoms with Gasteiger partial charge in [-0.25, -0.2) is 0 Å². The van der Waals surface area contributed by atoms with E-state index in [9.17, 15) is 0 Å². The average Bonchev–Trinajstić information content (AvgIpc) is 3.19. The van der Waals surface area contributed by atoms with E-state index in [1.165, 1.54) is 88.7 Å². The van der Waals surface area contributed by atoms with Crippen molar-refractivity contribution in [1.29, 1.82) is 0 Å². The highest BCUT2D eigenvalue weighted by atomic mass is 127. The Morgan fingerprint density at radius 3 is 1.21 bits per heavy atom. The first-order chi connectivity index (χ1) is 12.7. The third-order valence-corrected chi connectivity index (χ3v) is 7.96. The molecule has 0 amide bonds. The highest BCUT2D eigenvalue weighted by molar-refractivity contribution is 7.09. The molecular weight excluding hydrogens is 610 g/mol. The number of aromatic nitrogens is 2. The van der Waals surface area contributed by atoms with Crippen LogP contribution in [-0.2, 0) is 25.9 Å². The summed E-state index contributed by atoms with van der Waals surface area (Å²) in [6.07, 6.45) is 13.4. The van der Waals surface area contributed by atoms with Crippen LogP contribution in [-0.4, -0.2) is 0 Å². The van der Waals surface area contributed by atoms with Crippen LogP contribution in [0.3, 0.4) is 0 Å². The molecule has 0 fully saturated rings. The lowest BCUT2D eigenvalue weighted by Gasteiger charge is -2.01. The molecule has 0 aliphatic carbocycles. The molecule has 2 heterocycles. The Bertz CT molecular complexity index is 597. The Labute approximate surface area is 215 Å². The SMILES string of the molecule is CCc1sc[n+](CCCCCCCCCC[n+]2csc(CC)c2C)c1C.[I-].[I-]. The Hall–Kier alpha value is 0.720. The van der Waals surface area contributed by atoms with Gasteiger partial charge in [-0.3, -0.25) is 0 Å². The fraction of sp³-hybridized carbons (Fsp3) is 0.727. The number of hydrogen-bond acceptors (Lipinski definition) is 2. The lowest BCUT2D eigenvalue weighted by Crippen LogP contribution is -3.00. The fourth-order valence-electron chi connectivity index (χ4n) is 3.65. The van der Waals surface area contributed by atoms with E-state index in [-0.39, 0.29) is 48.0 Å². The summed E-state index contributed by atoms with van der Waals surface area (Å²) in [7, 11) is 0. The average molecular weight is 649 g/mol. The molecule has 2 aromatic rings. The van der Waals surface area contributed by atoms with Crippen LogP contribution in [0.1, 0.15) is 86.4 Å². The van der Waals surface area contributed by atoms with Crippen LogP contribution in [0.25, 0.3) is 0 Å². The van der Waals surface area contributed by atoms with Crippen molar-refractivity contribution in [1.82, 2.24) is 0 Å². The summed E-state index contributed by atoms with van der Waals surface area (Å²) in [5.41, 5.74) is 7.60. The summed E-state index contributed by atoms with van der Waals surface area (Å²) in [5, 5.41) is 0. The number of hydrogen-bond donors (Lipinski definition) is 0. The van der Waals surface area contributed by atoms with E-state index in [0.717, 1.165) is 0 Å². The molecular formula is C22H38I2N2S2. The molecule has 0 radical (unpaired) electrons. The predicted octanol–water partition coefficient (Wildman–Crippen LogP) is -0.0448. The number of rotatable bonds is 13. The molecule has 0 aromatic carbocycles. The normalized spacial score (nSPS) is 10.6. The van der Waals surface area contributed by atoms with Gasteiger partial charge >= 0.3 is 0 Å². The third-order valence-electron chi connectivity index (χ3n) is 5.50. The van der Waals surface area contributed by atoms with E-state index in [1.54, 1.807) is 9.75 Å². The van der Waals surface area contributed by atoms with E-state index in [1.807, 2.05) is 22.7 Å². The van der Waals surface area contributed by atoms with Crippen molar-refractivity contribution < 1.29 is 57.1 Å². The molecule has 0 saturated carbocycles. The molecule has 2 nitrogen and oxygen atoms in total. The van der Waals surface area contributed by atoms with Crippen molar-refractivity contribution >= 4 is 22.7 Å². The summed E-state index contributed by atoms with van der Waals surface area (Å²) in [4.78, 5) is 3.10. The first kappa shape index (κ1) is 28.7. The first-order valence-electron chi connectivity index (χ1n) is 10.6. The second-order valence-electron chi connectivity index (χ2n) is 7.39. The molecule has 0 unspecified atom stereocenters. The number of unbranched alkanes of at least 4 members (excludes halogenated alkanes) is 7. The lowest BCUT2D eigenvalue weighted by molar-refractivity contribution is -0.698. The number of aryl methyl sites for hydroxylation is 4. The molecule has 0 bridgehead atoms. The Balaban J connectivity index is 0.00000364. The second-order valence-corrected chi connectivity index (χ2v) is 9.26. The lowest BCUT2D eigenvalue weighted by atomic mass is 10.1. The summed E-state index contributed by atoms with van der Waals surface area (Å²) in [6, 6.07) is 0. The van der Waals surface area contributed by atoms with Gasteiger partial charge in [-0.15, -0.1) is 0 Å². The minimum absolute atomic E-state index is 0. The highest BCUT2D eigenvalue weighted by Gasteiger charge is 2.13. The van der Waals surface area contributed by atoms with Gasteiger partial charge in [0.25, 0.3) is 0 Å². The summed E-state index contributed by atoms with van der Waals surface area (Å²) in [6.45, 7) is 11.5. The smallest absolute Gasteiger partial charge is 0.225 e. The van der Waals surface area contributed by atoms with Gasteiger partial charge in [-0.1, -0.05) is 62.2 Å². The first-order valence-corrected chi connectivity index (χ1v) is 12.4. The quantitative estimate of drug-likeness (QED) is 0.164. The van der Waals surface area contributed by atoms with Crippen LogP contribution in [0.2, 0.25) is 0 Å². The standard InChI is InChI=1S/C22H38N2S2.2HI/c1-5-21-19(3)23(17-25-21)15-13-11-9-7-8-10-12-14-16-24-18-26-22(6-2)20(24)4;;/h17-18H,5-16H2,1-4H3;2*1H/q+2;;/p-2. The van der Waals surface area contributed by atoms with Gasteiger partial charge in [0.2, 0.25) is 11.0 Å². The van der Waals surface area contributed by atoms with Gasteiger partial charge in [-0.05, 0) is 25.7 Å². The summed E-state index contributed by atoms with van der Waals surface area (Å²) >= 11 is 3.84. The number of thiazole rings is 2. The van der Waals surface area contributed by atoms with Crippen LogP contribution in [0, 0.1) is 13.8 Å². The van der Waals surface area contributed by atoms with Gasteiger partial charge < -0.3 is 48.0 Å². The van der Waals surface area contributed by atoms with Crippen molar-refractivity contribution in [2.45, 2.75) is 105 Å². The zero-order valence-corrected chi connectivity index (χ0v) is 24.1. The van der Waals surface area contributed by atoms with Crippen LogP contribution in [0.4, 0.5) is 0 Å². The monoisotopic (exact) mass is 648 g/mol. The van der Waals surface area contributed by atoms with E-state index >= 15 is 0 Å². The Morgan fingerprint density at radius 1 is 0.607 bits per heavy atom. The molecule has 0 spiro atoms. The summed E-state index contributed by atoms with van der Waals surface area (Å²) < 4.78 is 4.91. The Morgan fingerprint density at radius 2 is 0.929 bits per heavy atom. The van der Waals surface area contributed by atoms with Crippen LogP contribution in [0.15, 0.2) is 11.0 Å². The maximum Gasteiger partial charge on any atom is 0.225 e. The maximum atomic E-state index is 2.46. The van der Waals surface area contributed by atoms with Crippen molar-refractivity contribution in [3.8, 4) is 0 Å². The summed E-state index contributed by atoms with van der Waals surface area (Å²) in [5.74, 6) is 0. The van der Waals surface area contributed by atoms with Gasteiger partial charge in [0.05, 0.1) is 9.75 Å². The molecule has 162 valence electrons. The van der Waals surface area contributed by atoms with Gasteiger partial charge in [-0.2, -0.15) is 9.13 Å². The van der Waals surface area contributed by atoms with Crippen molar-refractivity contribution in [2.75, 3.05) is 0 Å². The van der Waals surface area contributed by atoms with E-state index in [2.05, 4.69) is 47.9 Å². The molecule has 0 atom stereocenters. The van der Waals surface area contributed by atoms with Gasteiger partial charge in [0, 0.05) is 26.7 Å². The molecule has 0 aliphatic rings. The number of nitrogens with zero attached hydrogens (tertiary/aromatic N) is 2. The maximum absolute atomic E-state index is 2.46. The molecule has 0 aliphatic heterocycles. The highest BCUT2D eigenvalue weighted by Crippen LogP contribution is 2.14. The van der Waals surface area contributed by atoms with Crippen LogP contribution < -0.4 is 57.1 Å². The van der Waals surface area contributed by atoms with E-state index in [0.29, 0.717) is 0 Å². The Kier molecular flexibility index (Phi) is 16.8. The largest absolute Gasteiger partial charge is 1.00 e. The third kappa shape index (κ3) is 9.25. The van der Waals surface area contributed by atoms with Crippen LogP contribution >= 0.6 is 22.7 Å². The van der Waals surface area contributed by atoms with Crippen LogP contribution in [0.5, 0.6) is 0 Å². The molecule has 2 rings (SSSR count). The predicted molar refractivity (Wildman–Crippen MR) is 114 cm³/mol. The topological polar surface area (TPSA) is 7.76 Å². The zero-order valence-electron chi connectivity index (χ0n) is 18.1. The fourth-order valence-corrected chi connectivity index (χ4v) is 5.59. The van der Waals surface area contributed by atoms with Crippen molar-refractivity contribution in [3.05, 3.63) is 32.2 Å². The minimum Gasteiger partial charge on any atom is -1.00 e. The zero-order chi connectivity index (χ0) is 18.8. The van der Waals surface area contributed by atoms with Crippen molar-refractivity contribution in [3.63, 3.8) is 0 Å². The minimum atomic E-state index is 0. The van der Waals surface area contributed by atoms with E-state index < -0.39 is 0 Å². The van der Waals surface area contributed by atoms with Gasteiger partial charge in [0.15, 0.2) is 11.4 Å². The van der Waals surface area contributed by atoms with Gasteiger partial charge in [0.1, 0.15) is 13.1 Å². The number of halogens is 2.